The first kappa shape index (κ1) is 6.62. The molecule has 2 nitrogen and oxygen atoms in total. The van der Waals surface area contributed by atoms with Crippen LogP contribution >= 0.6 is 0 Å². The van der Waals surface area contributed by atoms with Gasteiger partial charge >= 0.3 is 0 Å². The van der Waals surface area contributed by atoms with Crippen molar-refractivity contribution in [3.63, 3.8) is 0 Å². The Bertz CT molecular complexity index is 130. The van der Waals surface area contributed by atoms with Crippen LogP contribution in [0.25, 0.3) is 0 Å². The van der Waals surface area contributed by atoms with Gasteiger partial charge in [0.2, 0.25) is 0 Å². The zero-order chi connectivity index (χ0) is 7.19. The van der Waals surface area contributed by atoms with Gasteiger partial charge in [-0.15, -0.1) is 0 Å². The van der Waals surface area contributed by atoms with Crippen molar-refractivity contribution in [3.8, 4) is 0 Å². The molecule has 0 aromatic carbocycles. The zero-order valence-electron chi connectivity index (χ0n) is 6.43. The predicted octanol–water partition coefficient (Wildman–Crippen LogP) is 0.652. The summed E-state index contributed by atoms with van der Waals surface area (Å²) in [5.74, 6) is 0. The average molecular weight is 141 g/mol. The largest absolute Gasteiger partial charge is 0.390 e. The Hall–Kier alpha value is -0.0800. The van der Waals surface area contributed by atoms with E-state index in [1.54, 1.807) is 0 Å². The lowest BCUT2D eigenvalue weighted by atomic mass is 9.90. The summed E-state index contributed by atoms with van der Waals surface area (Å²) in [4.78, 5) is 0. The summed E-state index contributed by atoms with van der Waals surface area (Å²) >= 11 is 0. The Labute approximate surface area is 61.6 Å². The highest BCUT2D eigenvalue weighted by atomic mass is 16.3. The number of piperidine rings is 1. The Kier molecular flexibility index (Phi) is 1.29. The van der Waals surface area contributed by atoms with Crippen LogP contribution in [-0.2, 0) is 0 Å². The van der Waals surface area contributed by atoms with Crippen LogP contribution in [0.1, 0.15) is 32.6 Å². The van der Waals surface area contributed by atoms with E-state index < -0.39 is 0 Å². The van der Waals surface area contributed by atoms with Crippen molar-refractivity contribution < 1.29 is 5.11 Å². The lowest BCUT2D eigenvalue weighted by Gasteiger charge is -2.33. The van der Waals surface area contributed by atoms with Crippen molar-refractivity contribution in [2.24, 2.45) is 0 Å². The first-order valence-corrected chi connectivity index (χ1v) is 4.14. The third-order valence-corrected chi connectivity index (χ3v) is 2.71. The van der Waals surface area contributed by atoms with Gasteiger partial charge in [0.25, 0.3) is 0 Å². The molecule has 2 aliphatic rings. The van der Waals surface area contributed by atoms with Crippen LogP contribution in [0.4, 0.5) is 0 Å². The fraction of sp³-hybridized carbons (Fsp3) is 1.00. The minimum atomic E-state index is -0.378. The molecule has 0 saturated carbocycles. The third-order valence-electron chi connectivity index (χ3n) is 2.71. The van der Waals surface area contributed by atoms with Crippen molar-refractivity contribution in [1.82, 2.24) is 5.32 Å². The Balaban J connectivity index is 2.09. The summed E-state index contributed by atoms with van der Waals surface area (Å²) in [6, 6.07) is 1.21. The molecule has 0 aromatic heterocycles. The standard InChI is InChI=1S/C8H15NO/c1-8(10)4-6-2-3-7(5-8)9-6/h6-7,9-10H,2-5H2,1H3. The molecule has 2 unspecified atom stereocenters. The molecular formula is C8H15NO. The Morgan fingerprint density at radius 1 is 1.30 bits per heavy atom. The number of aliphatic hydroxyl groups is 1. The van der Waals surface area contributed by atoms with E-state index in [9.17, 15) is 5.11 Å². The maximum Gasteiger partial charge on any atom is 0.0649 e. The van der Waals surface area contributed by atoms with Crippen LogP contribution in [0.15, 0.2) is 0 Å². The maximum absolute atomic E-state index is 9.72. The molecule has 0 spiro atoms. The molecular weight excluding hydrogens is 126 g/mol. The van der Waals surface area contributed by atoms with E-state index in [4.69, 9.17) is 0 Å². The van der Waals surface area contributed by atoms with Crippen molar-refractivity contribution in [3.05, 3.63) is 0 Å². The number of hydrogen-bond donors (Lipinski definition) is 2. The summed E-state index contributed by atoms with van der Waals surface area (Å²) in [6.07, 6.45) is 4.43. The molecule has 0 aliphatic carbocycles. The number of fused-ring (bicyclic) bond motifs is 2. The molecule has 2 rings (SSSR count). The summed E-state index contributed by atoms with van der Waals surface area (Å²) in [6.45, 7) is 1.96. The van der Waals surface area contributed by atoms with Crippen molar-refractivity contribution in [1.29, 1.82) is 0 Å². The summed E-state index contributed by atoms with van der Waals surface area (Å²) in [5, 5.41) is 13.2. The monoisotopic (exact) mass is 141 g/mol. The summed E-state index contributed by atoms with van der Waals surface area (Å²) in [5.41, 5.74) is -0.378. The topological polar surface area (TPSA) is 32.3 Å². The lowest BCUT2D eigenvalue weighted by Crippen LogP contribution is -2.46. The van der Waals surface area contributed by atoms with Crippen LogP contribution < -0.4 is 5.32 Å². The van der Waals surface area contributed by atoms with Gasteiger partial charge in [0.05, 0.1) is 5.60 Å². The lowest BCUT2D eigenvalue weighted by molar-refractivity contribution is 0.0111. The normalized spacial score (nSPS) is 53.4. The molecule has 2 atom stereocenters. The summed E-state index contributed by atoms with van der Waals surface area (Å²) in [7, 11) is 0. The van der Waals surface area contributed by atoms with Crippen molar-refractivity contribution in [2.75, 3.05) is 0 Å². The number of nitrogens with one attached hydrogen (secondary N) is 1. The Morgan fingerprint density at radius 2 is 1.80 bits per heavy atom. The van der Waals surface area contributed by atoms with E-state index in [2.05, 4.69) is 5.32 Å². The fourth-order valence-electron chi connectivity index (χ4n) is 2.37. The molecule has 0 aromatic rings. The second kappa shape index (κ2) is 1.95. The van der Waals surface area contributed by atoms with Gasteiger partial charge in [-0.25, -0.2) is 0 Å². The molecule has 2 aliphatic heterocycles. The van der Waals surface area contributed by atoms with Crippen LogP contribution in [0.2, 0.25) is 0 Å². The fourth-order valence-corrected chi connectivity index (χ4v) is 2.37. The zero-order valence-corrected chi connectivity index (χ0v) is 6.43. The second-order valence-electron chi connectivity index (χ2n) is 4.04. The molecule has 2 heteroatoms. The molecule has 0 amide bonds. The van der Waals surface area contributed by atoms with E-state index in [0.29, 0.717) is 12.1 Å². The first-order chi connectivity index (χ1) is 4.66. The molecule has 2 fully saturated rings. The van der Waals surface area contributed by atoms with E-state index in [0.717, 1.165) is 12.8 Å². The second-order valence-corrected chi connectivity index (χ2v) is 4.04. The van der Waals surface area contributed by atoms with Crippen LogP contribution in [-0.4, -0.2) is 22.8 Å². The molecule has 58 valence electrons. The van der Waals surface area contributed by atoms with Crippen molar-refractivity contribution >= 4 is 0 Å². The third kappa shape index (κ3) is 1.06. The molecule has 2 saturated heterocycles. The SMILES string of the molecule is CC1(O)CC2CCC(C1)N2. The highest BCUT2D eigenvalue weighted by molar-refractivity contribution is 4.97. The smallest absolute Gasteiger partial charge is 0.0649 e. The van der Waals surface area contributed by atoms with E-state index in [1.165, 1.54) is 12.8 Å². The van der Waals surface area contributed by atoms with Crippen molar-refractivity contribution in [2.45, 2.75) is 50.3 Å². The van der Waals surface area contributed by atoms with Crippen LogP contribution in [0, 0.1) is 0 Å². The number of hydrogen-bond acceptors (Lipinski definition) is 2. The summed E-state index contributed by atoms with van der Waals surface area (Å²) < 4.78 is 0. The van der Waals surface area contributed by atoms with Gasteiger partial charge in [-0.3, -0.25) is 0 Å². The average Bonchev–Trinajstić information content (AvgIpc) is 2.08. The van der Waals surface area contributed by atoms with Gasteiger partial charge in [-0.05, 0) is 32.6 Å². The molecule has 10 heavy (non-hydrogen) atoms. The molecule has 2 N–H and O–H groups in total. The van der Waals surface area contributed by atoms with E-state index in [-0.39, 0.29) is 5.60 Å². The van der Waals surface area contributed by atoms with Crippen LogP contribution in [0.3, 0.4) is 0 Å². The maximum atomic E-state index is 9.72. The minimum absolute atomic E-state index is 0.378. The van der Waals surface area contributed by atoms with E-state index in [1.807, 2.05) is 6.92 Å². The van der Waals surface area contributed by atoms with Gasteiger partial charge in [0.1, 0.15) is 0 Å². The Morgan fingerprint density at radius 3 is 2.30 bits per heavy atom. The van der Waals surface area contributed by atoms with Gasteiger partial charge in [-0.1, -0.05) is 0 Å². The first-order valence-electron chi connectivity index (χ1n) is 4.14. The van der Waals surface area contributed by atoms with Gasteiger partial charge < -0.3 is 10.4 Å². The predicted molar refractivity (Wildman–Crippen MR) is 39.8 cm³/mol. The highest BCUT2D eigenvalue weighted by Crippen LogP contribution is 2.33. The quantitative estimate of drug-likeness (QED) is 0.519. The molecule has 2 heterocycles. The molecule has 2 bridgehead atoms. The van der Waals surface area contributed by atoms with Gasteiger partial charge in [0.15, 0.2) is 0 Å². The number of rotatable bonds is 0. The highest BCUT2D eigenvalue weighted by Gasteiger charge is 2.38. The van der Waals surface area contributed by atoms with Crippen LogP contribution in [0.5, 0.6) is 0 Å². The van der Waals surface area contributed by atoms with Gasteiger partial charge in [0, 0.05) is 12.1 Å². The van der Waals surface area contributed by atoms with Gasteiger partial charge in [-0.2, -0.15) is 0 Å². The van der Waals surface area contributed by atoms with E-state index >= 15 is 0 Å². The molecule has 0 radical (unpaired) electrons. The minimum Gasteiger partial charge on any atom is -0.390 e.